The van der Waals surface area contributed by atoms with Crippen molar-refractivity contribution in [3.05, 3.63) is 96.1 Å². The van der Waals surface area contributed by atoms with Gasteiger partial charge in [-0.25, -0.2) is 9.69 Å². The van der Waals surface area contributed by atoms with E-state index < -0.39 is 12.0 Å². The molecule has 1 heterocycles. The van der Waals surface area contributed by atoms with E-state index in [1.165, 1.54) is 19.2 Å². The van der Waals surface area contributed by atoms with Crippen LogP contribution >= 0.6 is 12.2 Å². The van der Waals surface area contributed by atoms with Crippen LogP contribution in [0.1, 0.15) is 22.3 Å². The van der Waals surface area contributed by atoms with Crippen LogP contribution in [0.15, 0.2) is 84.9 Å². The molecule has 0 bridgehead atoms. The molecule has 1 aliphatic heterocycles. The first-order valence-electron chi connectivity index (χ1n) is 10.7. The number of hydrogen-bond donors (Lipinski definition) is 1. The van der Waals surface area contributed by atoms with Gasteiger partial charge >= 0.3 is 5.97 Å². The molecule has 7 nitrogen and oxygen atoms in total. The number of carbonyl (C=O) groups is 3. The molecule has 0 saturated carbocycles. The molecule has 3 aromatic carbocycles. The fraction of sp³-hybridized carbons (Fsp3) is 0.154. The summed E-state index contributed by atoms with van der Waals surface area (Å²) in [7, 11) is 1.29. The summed E-state index contributed by atoms with van der Waals surface area (Å²) in [6, 6.07) is 24.5. The highest BCUT2D eigenvalue weighted by molar-refractivity contribution is 7.80. The van der Waals surface area contributed by atoms with Crippen LogP contribution in [0.2, 0.25) is 0 Å². The maximum Gasteiger partial charge on any atom is 0.337 e. The number of methoxy groups -OCH3 is 1. The molecular formula is C26H23N3O4S. The maximum absolute atomic E-state index is 13.5. The number of hydrogen-bond acceptors (Lipinski definition) is 5. The standard InChI is InChI=1S/C26H23N3O4S/c1-33-25(32)19-12-14-21(15-13-19)29-23(30)16-22(24(29)31)28(17-18-8-4-2-5-9-18)26(34)27-20-10-6-3-7-11-20/h2-15,22H,16-17H2,1H3,(H,27,34). The van der Waals surface area contributed by atoms with Crippen LogP contribution in [0.25, 0.3) is 0 Å². The zero-order valence-corrected chi connectivity index (χ0v) is 19.3. The summed E-state index contributed by atoms with van der Waals surface area (Å²) >= 11 is 5.68. The third kappa shape index (κ3) is 4.97. The molecule has 1 saturated heterocycles. The van der Waals surface area contributed by atoms with Gasteiger partial charge in [-0.3, -0.25) is 9.59 Å². The number of thiocarbonyl (C=S) groups is 1. The lowest BCUT2D eigenvalue weighted by Gasteiger charge is -2.30. The van der Waals surface area contributed by atoms with Gasteiger partial charge in [0.15, 0.2) is 5.11 Å². The maximum atomic E-state index is 13.5. The summed E-state index contributed by atoms with van der Waals surface area (Å²) in [4.78, 5) is 41.0. The molecule has 1 aliphatic rings. The molecule has 1 unspecified atom stereocenters. The highest BCUT2D eigenvalue weighted by Gasteiger charge is 2.43. The molecule has 0 spiro atoms. The van der Waals surface area contributed by atoms with E-state index in [1.54, 1.807) is 17.0 Å². The number of para-hydroxylation sites is 1. The van der Waals surface area contributed by atoms with Gasteiger partial charge in [-0.1, -0.05) is 48.5 Å². The molecule has 172 valence electrons. The second kappa shape index (κ2) is 10.3. The average Bonchev–Trinajstić information content (AvgIpc) is 3.16. The Morgan fingerprint density at radius 2 is 1.62 bits per heavy atom. The van der Waals surface area contributed by atoms with Gasteiger partial charge in [-0.2, -0.15) is 0 Å². The van der Waals surface area contributed by atoms with Crippen molar-refractivity contribution in [1.82, 2.24) is 4.90 Å². The van der Waals surface area contributed by atoms with Crippen molar-refractivity contribution in [3.8, 4) is 0 Å². The topological polar surface area (TPSA) is 79.0 Å². The van der Waals surface area contributed by atoms with Gasteiger partial charge in [0.05, 0.1) is 24.8 Å². The van der Waals surface area contributed by atoms with Crippen LogP contribution in [0.5, 0.6) is 0 Å². The van der Waals surface area contributed by atoms with Crippen molar-refractivity contribution in [2.75, 3.05) is 17.3 Å². The highest BCUT2D eigenvalue weighted by Crippen LogP contribution is 2.28. The smallest absolute Gasteiger partial charge is 0.337 e. The normalized spacial score (nSPS) is 15.2. The first kappa shape index (κ1) is 23.1. The quantitative estimate of drug-likeness (QED) is 0.329. The minimum absolute atomic E-state index is 0.0129. The lowest BCUT2D eigenvalue weighted by molar-refractivity contribution is -0.122. The predicted molar refractivity (Wildman–Crippen MR) is 133 cm³/mol. The van der Waals surface area contributed by atoms with Crippen LogP contribution in [0.4, 0.5) is 11.4 Å². The van der Waals surface area contributed by atoms with Crippen molar-refractivity contribution < 1.29 is 19.1 Å². The lowest BCUT2D eigenvalue weighted by Crippen LogP contribution is -2.46. The number of rotatable bonds is 6. The fourth-order valence-electron chi connectivity index (χ4n) is 3.82. The minimum Gasteiger partial charge on any atom is -0.465 e. The van der Waals surface area contributed by atoms with E-state index in [0.29, 0.717) is 22.9 Å². The average molecular weight is 474 g/mol. The van der Waals surface area contributed by atoms with Crippen molar-refractivity contribution in [2.24, 2.45) is 0 Å². The Bertz CT molecular complexity index is 1200. The molecule has 1 N–H and O–H groups in total. The summed E-state index contributed by atoms with van der Waals surface area (Å²) < 4.78 is 4.71. The molecule has 1 atom stereocenters. The number of anilines is 2. The highest BCUT2D eigenvalue weighted by atomic mass is 32.1. The molecule has 0 radical (unpaired) electrons. The zero-order valence-electron chi connectivity index (χ0n) is 18.5. The van der Waals surface area contributed by atoms with Crippen LogP contribution in [0.3, 0.4) is 0 Å². The molecule has 3 aromatic rings. The summed E-state index contributed by atoms with van der Waals surface area (Å²) in [5, 5.41) is 3.53. The van der Waals surface area contributed by atoms with Gasteiger partial charge in [-0.05, 0) is 54.2 Å². The third-order valence-electron chi connectivity index (χ3n) is 5.53. The van der Waals surface area contributed by atoms with Crippen molar-refractivity contribution in [3.63, 3.8) is 0 Å². The largest absolute Gasteiger partial charge is 0.465 e. The number of nitrogens with zero attached hydrogens (tertiary/aromatic N) is 2. The summed E-state index contributed by atoms with van der Waals surface area (Å²) in [6.07, 6.45) is -0.0129. The second-order valence-electron chi connectivity index (χ2n) is 7.74. The van der Waals surface area contributed by atoms with E-state index in [2.05, 4.69) is 5.32 Å². The van der Waals surface area contributed by atoms with E-state index in [1.807, 2.05) is 60.7 Å². The number of carbonyl (C=O) groups excluding carboxylic acids is 3. The molecule has 8 heteroatoms. The minimum atomic E-state index is -0.767. The van der Waals surface area contributed by atoms with Crippen molar-refractivity contribution in [1.29, 1.82) is 0 Å². The number of esters is 1. The Balaban J connectivity index is 1.60. The fourth-order valence-corrected chi connectivity index (χ4v) is 4.13. The molecule has 0 aliphatic carbocycles. The SMILES string of the molecule is COC(=O)c1ccc(N2C(=O)CC(N(Cc3ccccc3)C(=S)Nc3ccccc3)C2=O)cc1. The number of benzene rings is 3. The first-order valence-corrected chi connectivity index (χ1v) is 11.1. The summed E-state index contributed by atoms with van der Waals surface area (Å²) in [5.41, 5.74) is 2.48. The van der Waals surface area contributed by atoms with Crippen LogP contribution < -0.4 is 10.2 Å². The molecule has 4 rings (SSSR count). The zero-order chi connectivity index (χ0) is 24.1. The summed E-state index contributed by atoms with van der Waals surface area (Å²) in [6.45, 7) is 0.359. The van der Waals surface area contributed by atoms with Gasteiger partial charge in [0.25, 0.3) is 5.91 Å². The lowest BCUT2D eigenvalue weighted by atomic mass is 10.1. The van der Waals surface area contributed by atoms with E-state index in [-0.39, 0.29) is 18.2 Å². The van der Waals surface area contributed by atoms with Crippen molar-refractivity contribution >= 4 is 46.5 Å². The van der Waals surface area contributed by atoms with E-state index >= 15 is 0 Å². The van der Waals surface area contributed by atoms with Crippen LogP contribution in [-0.4, -0.2) is 40.9 Å². The molecule has 1 fully saturated rings. The first-order chi connectivity index (χ1) is 16.5. The van der Waals surface area contributed by atoms with Gasteiger partial charge < -0.3 is 15.0 Å². The van der Waals surface area contributed by atoms with Gasteiger partial charge in [-0.15, -0.1) is 0 Å². The number of ether oxygens (including phenoxy) is 1. The van der Waals surface area contributed by atoms with Gasteiger partial charge in [0.2, 0.25) is 5.91 Å². The molecule has 0 aromatic heterocycles. The van der Waals surface area contributed by atoms with E-state index in [4.69, 9.17) is 17.0 Å². The Hall–Kier alpha value is -4.04. The Labute approximate surface area is 202 Å². The van der Waals surface area contributed by atoms with Crippen LogP contribution in [0, 0.1) is 0 Å². The predicted octanol–water partition coefficient (Wildman–Crippen LogP) is 4.00. The summed E-state index contributed by atoms with van der Waals surface area (Å²) in [5.74, 6) is -1.19. The van der Waals surface area contributed by atoms with Gasteiger partial charge in [0.1, 0.15) is 6.04 Å². The van der Waals surface area contributed by atoms with Crippen LogP contribution in [-0.2, 0) is 20.9 Å². The van der Waals surface area contributed by atoms with E-state index in [0.717, 1.165) is 16.2 Å². The molecule has 34 heavy (non-hydrogen) atoms. The molecule has 2 amide bonds. The van der Waals surface area contributed by atoms with E-state index in [9.17, 15) is 14.4 Å². The number of imide groups is 1. The van der Waals surface area contributed by atoms with Crippen molar-refractivity contribution in [2.45, 2.75) is 19.0 Å². The number of nitrogens with one attached hydrogen (secondary N) is 1. The Morgan fingerprint density at radius 3 is 2.24 bits per heavy atom. The molecular weight excluding hydrogens is 450 g/mol. The second-order valence-corrected chi connectivity index (χ2v) is 8.12. The Kier molecular flexibility index (Phi) is 6.98. The number of amides is 2. The Morgan fingerprint density at radius 1 is 1.00 bits per heavy atom. The van der Waals surface area contributed by atoms with Gasteiger partial charge in [0, 0.05) is 12.2 Å². The third-order valence-corrected chi connectivity index (χ3v) is 5.86. The monoisotopic (exact) mass is 473 g/mol.